The number of halogens is 1. The summed E-state index contributed by atoms with van der Waals surface area (Å²) in [4.78, 5) is 11.4. The maximum atomic E-state index is 11.4. The molecule has 0 bridgehead atoms. The first-order valence-electron chi connectivity index (χ1n) is 6.09. The van der Waals surface area contributed by atoms with Crippen LogP contribution in [-0.4, -0.2) is 18.1 Å². The van der Waals surface area contributed by atoms with Crippen molar-refractivity contribution in [3.05, 3.63) is 28.2 Å². The fourth-order valence-electron chi connectivity index (χ4n) is 2.23. The average Bonchev–Trinajstić information content (AvgIpc) is 2.34. The zero-order chi connectivity index (χ0) is 13.1. The van der Waals surface area contributed by atoms with Crippen LogP contribution in [0, 0.1) is 0 Å². The summed E-state index contributed by atoms with van der Waals surface area (Å²) >= 11 is 3.31. The molecular weight excluding hydrogens is 296 g/mol. The van der Waals surface area contributed by atoms with Crippen molar-refractivity contribution in [1.82, 2.24) is 0 Å². The van der Waals surface area contributed by atoms with Crippen LogP contribution in [0.1, 0.15) is 36.0 Å². The molecule has 0 saturated heterocycles. The molecule has 4 N–H and O–H groups in total. The van der Waals surface area contributed by atoms with Gasteiger partial charge in [0.1, 0.15) is 11.9 Å². The lowest BCUT2D eigenvalue weighted by molar-refractivity contribution is 0.0981. The number of primary amides is 1. The minimum Gasteiger partial charge on any atom is -0.488 e. The second kappa shape index (κ2) is 5.71. The number of carbonyl (C=O) groups excluding carboxylic acids is 1. The Balaban J connectivity index is 2.20. The molecule has 1 amide bonds. The number of benzene rings is 1. The molecule has 1 aromatic carbocycles. The van der Waals surface area contributed by atoms with Crippen LogP contribution >= 0.6 is 15.9 Å². The number of carbonyl (C=O) groups is 1. The molecule has 0 aliphatic heterocycles. The van der Waals surface area contributed by atoms with Crippen molar-refractivity contribution in [3.8, 4) is 5.75 Å². The average molecular weight is 313 g/mol. The fraction of sp³-hybridized carbons (Fsp3) is 0.462. The second-order valence-electron chi connectivity index (χ2n) is 4.61. The van der Waals surface area contributed by atoms with E-state index in [9.17, 15) is 4.79 Å². The van der Waals surface area contributed by atoms with Gasteiger partial charge in [-0.15, -0.1) is 0 Å². The molecular formula is C13H17BrN2O2. The summed E-state index contributed by atoms with van der Waals surface area (Å²) in [6, 6.07) is 5.29. The van der Waals surface area contributed by atoms with Crippen LogP contribution in [0.2, 0.25) is 0 Å². The van der Waals surface area contributed by atoms with E-state index in [4.69, 9.17) is 16.2 Å². The van der Waals surface area contributed by atoms with Crippen molar-refractivity contribution in [2.45, 2.75) is 37.8 Å². The van der Waals surface area contributed by atoms with Gasteiger partial charge in [0.25, 0.3) is 5.91 Å². The number of ether oxygens (including phenoxy) is 1. The summed E-state index contributed by atoms with van der Waals surface area (Å²) in [5.74, 6) is 0.0312. The van der Waals surface area contributed by atoms with Crippen LogP contribution < -0.4 is 16.2 Å². The predicted octanol–water partition coefficient (Wildman–Crippen LogP) is 2.20. The third-order valence-corrected chi connectivity index (χ3v) is 3.73. The number of amides is 1. The minimum atomic E-state index is -0.490. The van der Waals surface area contributed by atoms with Crippen LogP contribution in [0.3, 0.4) is 0 Å². The van der Waals surface area contributed by atoms with Gasteiger partial charge in [-0.25, -0.2) is 0 Å². The Hall–Kier alpha value is -1.07. The molecule has 18 heavy (non-hydrogen) atoms. The molecule has 1 saturated carbocycles. The van der Waals surface area contributed by atoms with Gasteiger partial charge >= 0.3 is 0 Å². The summed E-state index contributed by atoms with van der Waals surface area (Å²) in [6.07, 6.45) is 4.12. The first-order valence-corrected chi connectivity index (χ1v) is 6.89. The Kier molecular flexibility index (Phi) is 4.24. The molecule has 1 aliphatic carbocycles. The summed E-state index contributed by atoms with van der Waals surface area (Å²) in [7, 11) is 0. The zero-order valence-corrected chi connectivity index (χ0v) is 11.7. The Labute approximate surface area is 115 Å². The molecule has 2 rings (SSSR count). The Bertz CT molecular complexity index is 451. The topological polar surface area (TPSA) is 78.3 Å². The lowest BCUT2D eigenvalue weighted by Gasteiger charge is -2.29. The molecule has 1 fully saturated rings. The molecule has 1 aromatic rings. The summed E-state index contributed by atoms with van der Waals surface area (Å²) in [5, 5.41) is 0. The summed E-state index contributed by atoms with van der Waals surface area (Å²) in [6.45, 7) is 0. The number of hydrogen-bond donors (Lipinski definition) is 2. The number of hydrogen-bond acceptors (Lipinski definition) is 3. The van der Waals surface area contributed by atoms with Gasteiger partial charge in [-0.05, 0) is 37.5 Å². The predicted molar refractivity (Wildman–Crippen MR) is 73.5 cm³/mol. The molecule has 4 nitrogen and oxygen atoms in total. The van der Waals surface area contributed by atoms with Crippen LogP contribution in [0.15, 0.2) is 22.7 Å². The van der Waals surface area contributed by atoms with E-state index in [0.29, 0.717) is 11.3 Å². The third-order valence-electron chi connectivity index (χ3n) is 3.24. The van der Waals surface area contributed by atoms with E-state index >= 15 is 0 Å². The fourth-order valence-corrected chi connectivity index (χ4v) is 2.59. The van der Waals surface area contributed by atoms with Crippen molar-refractivity contribution in [3.63, 3.8) is 0 Å². The van der Waals surface area contributed by atoms with Crippen LogP contribution in [0.5, 0.6) is 5.75 Å². The van der Waals surface area contributed by atoms with Gasteiger partial charge in [-0.2, -0.15) is 0 Å². The normalized spacial score (nSPS) is 23.7. The van der Waals surface area contributed by atoms with Gasteiger partial charge < -0.3 is 16.2 Å². The molecule has 5 heteroatoms. The van der Waals surface area contributed by atoms with E-state index < -0.39 is 5.91 Å². The molecule has 0 radical (unpaired) electrons. The largest absolute Gasteiger partial charge is 0.488 e. The van der Waals surface area contributed by atoms with Gasteiger partial charge in [0.2, 0.25) is 0 Å². The van der Waals surface area contributed by atoms with Crippen LogP contribution in [0.4, 0.5) is 0 Å². The van der Waals surface area contributed by atoms with Crippen molar-refractivity contribution in [2.24, 2.45) is 11.5 Å². The minimum absolute atomic E-state index is 0.0296. The second-order valence-corrected chi connectivity index (χ2v) is 5.53. The third kappa shape index (κ3) is 3.03. The standard InChI is InChI=1S/C13H17BrN2O2/c14-8-5-6-11(9(7-8)13(16)17)18-12-4-2-1-3-10(12)15/h5-7,10,12H,1-4,15H2,(H2,16,17). The lowest BCUT2D eigenvalue weighted by Crippen LogP contribution is -2.41. The molecule has 2 unspecified atom stereocenters. The van der Waals surface area contributed by atoms with Crippen molar-refractivity contribution in [2.75, 3.05) is 0 Å². The molecule has 2 atom stereocenters. The molecule has 98 valence electrons. The maximum absolute atomic E-state index is 11.4. The molecule has 1 aliphatic rings. The van der Waals surface area contributed by atoms with Crippen LogP contribution in [-0.2, 0) is 0 Å². The van der Waals surface area contributed by atoms with E-state index in [0.717, 1.165) is 30.2 Å². The van der Waals surface area contributed by atoms with E-state index in [-0.39, 0.29) is 12.1 Å². The molecule has 0 heterocycles. The zero-order valence-electron chi connectivity index (χ0n) is 10.1. The highest BCUT2D eigenvalue weighted by molar-refractivity contribution is 9.10. The highest BCUT2D eigenvalue weighted by Gasteiger charge is 2.24. The van der Waals surface area contributed by atoms with E-state index in [1.54, 1.807) is 12.1 Å². The SMILES string of the molecule is NC(=O)c1cc(Br)ccc1OC1CCCCC1N. The first kappa shape index (κ1) is 13.4. The van der Waals surface area contributed by atoms with Gasteiger partial charge in [-0.1, -0.05) is 22.4 Å². The Morgan fingerprint density at radius 2 is 2.06 bits per heavy atom. The van der Waals surface area contributed by atoms with Crippen molar-refractivity contribution >= 4 is 21.8 Å². The number of rotatable bonds is 3. The monoisotopic (exact) mass is 312 g/mol. The quantitative estimate of drug-likeness (QED) is 0.898. The van der Waals surface area contributed by atoms with Crippen molar-refractivity contribution in [1.29, 1.82) is 0 Å². The maximum Gasteiger partial charge on any atom is 0.252 e. The van der Waals surface area contributed by atoms with E-state index in [1.807, 2.05) is 6.07 Å². The Morgan fingerprint density at radius 3 is 2.72 bits per heavy atom. The number of nitrogens with two attached hydrogens (primary N) is 2. The first-order chi connectivity index (χ1) is 8.58. The van der Waals surface area contributed by atoms with Gasteiger partial charge in [0.05, 0.1) is 5.56 Å². The van der Waals surface area contributed by atoms with E-state index in [2.05, 4.69) is 15.9 Å². The summed E-state index contributed by atoms with van der Waals surface area (Å²) < 4.78 is 6.67. The lowest BCUT2D eigenvalue weighted by atomic mass is 9.93. The Morgan fingerprint density at radius 1 is 1.33 bits per heavy atom. The molecule has 0 aromatic heterocycles. The van der Waals surface area contributed by atoms with E-state index in [1.165, 1.54) is 0 Å². The highest BCUT2D eigenvalue weighted by atomic mass is 79.9. The smallest absolute Gasteiger partial charge is 0.252 e. The van der Waals surface area contributed by atoms with Gasteiger partial charge in [0.15, 0.2) is 0 Å². The van der Waals surface area contributed by atoms with Crippen molar-refractivity contribution < 1.29 is 9.53 Å². The molecule has 0 spiro atoms. The van der Waals surface area contributed by atoms with Gasteiger partial charge in [0, 0.05) is 10.5 Å². The highest BCUT2D eigenvalue weighted by Crippen LogP contribution is 2.27. The van der Waals surface area contributed by atoms with Gasteiger partial charge in [-0.3, -0.25) is 4.79 Å². The van der Waals surface area contributed by atoms with Crippen LogP contribution in [0.25, 0.3) is 0 Å². The summed E-state index contributed by atoms with van der Waals surface area (Å²) in [5.41, 5.74) is 11.8.